The maximum atomic E-state index is 13.2. The van der Waals surface area contributed by atoms with E-state index in [1.54, 1.807) is 42.5 Å². The monoisotopic (exact) mass is 460 g/mol. The fourth-order valence-electron chi connectivity index (χ4n) is 3.29. The minimum absolute atomic E-state index is 0.00573. The third kappa shape index (κ3) is 4.70. The number of nitrogens with zero attached hydrogens (tertiary/aromatic N) is 1. The SMILES string of the molecule is COc1ccc(C=C2C(=O)NC(=S)N(c3ccc(Oc4ccccc4)cc3)C2=O)cc1OC. The number of methoxy groups -OCH3 is 2. The number of benzene rings is 3. The van der Waals surface area contributed by atoms with Gasteiger partial charge in [-0.3, -0.25) is 19.8 Å². The van der Waals surface area contributed by atoms with Crippen molar-refractivity contribution in [2.45, 2.75) is 0 Å². The Kier molecular flexibility index (Phi) is 6.37. The lowest BCUT2D eigenvalue weighted by atomic mass is 10.1. The number of ether oxygens (including phenoxy) is 3. The van der Waals surface area contributed by atoms with Gasteiger partial charge in [0.2, 0.25) is 0 Å². The molecular formula is C25H20N2O5S. The first kappa shape index (κ1) is 22.0. The number of nitrogens with one attached hydrogen (secondary N) is 1. The van der Waals surface area contributed by atoms with Crippen LogP contribution in [0.4, 0.5) is 5.69 Å². The van der Waals surface area contributed by atoms with E-state index in [0.29, 0.717) is 34.2 Å². The zero-order valence-corrected chi connectivity index (χ0v) is 18.7. The van der Waals surface area contributed by atoms with Gasteiger partial charge in [0, 0.05) is 0 Å². The summed E-state index contributed by atoms with van der Waals surface area (Å²) in [6.07, 6.45) is 1.49. The Bertz CT molecular complexity index is 1240. The van der Waals surface area contributed by atoms with Crippen molar-refractivity contribution in [3.05, 3.63) is 83.9 Å². The summed E-state index contributed by atoms with van der Waals surface area (Å²) in [4.78, 5) is 27.0. The van der Waals surface area contributed by atoms with Gasteiger partial charge in [-0.25, -0.2) is 0 Å². The highest BCUT2D eigenvalue weighted by molar-refractivity contribution is 7.80. The third-order valence-corrected chi connectivity index (χ3v) is 5.18. The number of hydrogen-bond acceptors (Lipinski definition) is 6. The maximum Gasteiger partial charge on any atom is 0.270 e. The second-order valence-electron chi connectivity index (χ2n) is 6.98. The van der Waals surface area contributed by atoms with Gasteiger partial charge in [-0.05, 0) is 72.4 Å². The molecule has 1 heterocycles. The van der Waals surface area contributed by atoms with Crippen molar-refractivity contribution in [3.8, 4) is 23.0 Å². The van der Waals surface area contributed by atoms with Crippen molar-refractivity contribution in [3.63, 3.8) is 0 Å². The van der Waals surface area contributed by atoms with Crippen LogP contribution in [0.15, 0.2) is 78.4 Å². The molecule has 0 aromatic heterocycles. The van der Waals surface area contributed by atoms with Gasteiger partial charge in [0.05, 0.1) is 19.9 Å². The molecule has 33 heavy (non-hydrogen) atoms. The maximum absolute atomic E-state index is 13.2. The average Bonchev–Trinajstić information content (AvgIpc) is 2.83. The topological polar surface area (TPSA) is 77.1 Å². The molecule has 1 aliphatic rings. The van der Waals surface area contributed by atoms with Crippen LogP contribution in [0.2, 0.25) is 0 Å². The molecule has 1 aliphatic heterocycles. The van der Waals surface area contributed by atoms with Crippen LogP contribution in [0.1, 0.15) is 5.56 Å². The summed E-state index contributed by atoms with van der Waals surface area (Å²) in [5.41, 5.74) is 1.05. The summed E-state index contributed by atoms with van der Waals surface area (Å²) in [6.45, 7) is 0. The van der Waals surface area contributed by atoms with Crippen molar-refractivity contribution < 1.29 is 23.8 Å². The van der Waals surface area contributed by atoms with E-state index in [1.165, 1.54) is 25.2 Å². The predicted molar refractivity (Wildman–Crippen MR) is 129 cm³/mol. The molecule has 2 amide bonds. The highest BCUT2D eigenvalue weighted by Gasteiger charge is 2.34. The molecule has 1 fully saturated rings. The van der Waals surface area contributed by atoms with Crippen LogP contribution < -0.4 is 24.4 Å². The van der Waals surface area contributed by atoms with Gasteiger partial charge in [-0.1, -0.05) is 24.3 Å². The Morgan fingerprint density at radius 2 is 1.52 bits per heavy atom. The second-order valence-corrected chi connectivity index (χ2v) is 7.37. The molecular weight excluding hydrogens is 440 g/mol. The van der Waals surface area contributed by atoms with Crippen LogP contribution in [-0.2, 0) is 9.59 Å². The van der Waals surface area contributed by atoms with Gasteiger partial charge in [-0.15, -0.1) is 0 Å². The molecule has 3 aromatic rings. The lowest BCUT2D eigenvalue weighted by Gasteiger charge is -2.29. The summed E-state index contributed by atoms with van der Waals surface area (Å²) >= 11 is 5.27. The highest BCUT2D eigenvalue weighted by atomic mass is 32.1. The molecule has 0 radical (unpaired) electrons. The van der Waals surface area contributed by atoms with Crippen LogP contribution in [0, 0.1) is 0 Å². The van der Waals surface area contributed by atoms with E-state index in [9.17, 15) is 9.59 Å². The van der Waals surface area contributed by atoms with Crippen molar-refractivity contribution >= 4 is 40.9 Å². The molecule has 0 aliphatic carbocycles. The fraction of sp³-hybridized carbons (Fsp3) is 0.0800. The number of hydrogen-bond donors (Lipinski definition) is 1. The summed E-state index contributed by atoms with van der Waals surface area (Å²) in [5.74, 6) is 1.22. The first-order valence-corrected chi connectivity index (χ1v) is 10.4. The summed E-state index contributed by atoms with van der Waals surface area (Å²) in [7, 11) is 3.04. The zero-order chi connectivity index (χ0) is 23.4. The minimum Gasteiger partial charge on any atom is -0.493 e. The number of rotatable bonds is 6. The van der Waals surface area contributed by atoms with E-state index in [0.717, 1.165) is 0 Å². The third-order valence-electron chi connectivity index (χ3n) is 4.89. The number of thiocarbonyl (C=S) groups is 1. The van der Waals surface area contributed by atoms with E-state index in [-0.39, 0.29) is 10.7 Å². The van der Waals surface area contributed by atoms with Crippen LogP contribution >= 0.6 is 12.2 Å². The summed E-state index contributed by atoms with van der Waals surface area (Å²) in [6, 6.07) is 21.3. The predicted octanol–water partition coefficient (Wildman–Crippen LogP) is 4.33. The molecule has 1 N–H and O–H groups in total. The van der Waals surface area contributed by atoms with Crippen LogP contribution in [-0.4, -0.2) is 31.1 Å². The molecule has 8 heteroatoms. The first-order chi connectivity index (χ1) is 16.0. The number of amides is 2. The van der Waals surface area contributed by atoms with Crippen LogP contribution in [0.5, 0.6) is 23.0 Å². The lowest BCUT2D eigenvalue weighted by molar-refractivity contribution is -0.122. The molecule has 0 bridgehead atoms. The van der Waals surface area contributed by atoms with Gasteiger partial charge in [0.25, 0.3) is 11.8 Å². The van der Waals surface area contributed by atoms with E-state index < -0.39 is 11.8 Å². The summed E-state index contributed by atoms with van der Waals surface area (Å²) < 4.78 is 16.3. The Balaban J connectivity index is 1.61. The van der Waals surface area contributed by atoms with E-state index in [2.05, 4.69) is 5.32 Å². The zero-order valence-electron chi connectivity index (χ0n) is 17.9. The van der Waals surface area contributed by atoms with Gasteiger partial charge >= 0.3 is 0 Å². The van der Waals surface area contributed by atoms with Crippen molar-refractivity contribution in [1.82, 2.24) is 5.32 Å². The van der Waals surface area contributed by atoms with Gasteiger partial charge in [0.15, 0.2) is 16.6 Å². The molecule has 0 unspecified atom stereocenters. The Labute approximate surface area is 196 Å². The molecule has 1 saturated heterocycles. The molecule has 3 aromatic carbocycles. The smallest absolute Gasteiger partial charge is 0.270 e. The molecule has 7 nitrogen and oxygen atoms in total. The quantitative estimate of drug-likeness (QED) is 0.335. The average molecular weight is 461 g/mol. The number of para-hydroxylation sites is 1. The Morgan fingerprint density at radius 3 is 2.18 bits per heavy atom. The molecule has 4 rings (SSSR count). The van der Waals surface area contributed by atoms with Gasteiger partial charge < -0.3 is 14.2 Å². The van der Waals surface area contributed by atoms with Crippen molar-refractivity contribution in [2.24, 2.45) is 0 Å². The Hall–Kier alpha value is -4.17. The highest BCUT2D eigenvalue weighted by Crippen LogP contribution is 2.30. The fourth-order valence-corrected chi connectivity index (χ4v) is 3.57. The Morgan fingerprint density at radius 1 is 0.848 bits per heavy atom. The summed E-state index contributed by atoms with van der Waals surface area (Å²) in [5, 5.41) is 2.58. The molecule has 166 valence electrons. The number of anilines is 1. The number of carbonyl (C=O) groups excluding carboxylic acids is 2. The molecule has 0 saturated carbocycles. The van der Waals surface area contributed by atoms with E-state index in [1.807, 2.05) is 30.3 Å². The second kappa shape index (κ2) is 9.54. The minimum atomic E-state index is -0.569. The first-order valence-electron chi connectivity index (χ1n) is 9.96. The van der Waals surface area contributed by atoms with Crippen molar-refractivity contribution in [1.29, 1.82) is 0 Å². The van der Waals surface area contributed by atoms with Crippen LogP contribution in [0.3, 0.4) is 0 Å². The van der Waals surface area contributed by atoms with Gasteiger partial charge in [-0.2, -0.15) is 0 Å². The standard InChI is InChI=1S/C25H20N2O5S/c1-30-21-13-8-16(15-22(21)31-2)14-20-23(28)26-25(33)27(24(20)29)17-9-11-19(12-10-17)32-18-6-4-3-5-7-18/h3-15H,1-2H3,(H,26,28,33). The van der Waals surface area contributed by atoms with E-state index in [4.69, 9.17) is 26.4 Å². The normalized spacial score (nSPS) is 14.8. The largest absolute Gasteiger partial charge is 0.493 e. The van der Waals surface area contributed by atoms with Crippen LogP contribution in [0.25, 0.3) is 6.08 Å². The molecule has 0 atom stereocenters. The lowest BCUT2D eigenvalue weighted by Crippen LogP contribution is -2.54. The van der Waals surface area contributed by atoms with Crippen molar-refractivity contribution in [2.75, 3.05) is 19.1 Å². The number of carbonyl (C=O) groups is 2. The van der Waals surface area contributed by atoms with E-state index >= 15 is 0 Å². The van der Waals surface area contributed by atoms with Gasteiger partial charge in [0.1, 0.15) is 17.1 Å². The molecule has 0 spiro atoms.